The molecule has 0 unspecified atom stereocenters. The summed E-state index contributed by atoms with van der Waals surface area (Å²) < 4.78 is 25.3. The number of rotatable bonds is 9. The smallest absolute Gasteiger partial charge is 0.252 e. The largest absolute Gasteiger partial charge is 0.496 e. The Labute approximate surface area is 209 Å². The Balaban J connectivity index is 1.36. The minimum atomic E-state index is -0.816. The van der Waals surface area contributed by atoms with Crippen LogP contribution in [0.3, 0.4) is 0 Å². The van der Waals surface area contributed by atoms with Crippen molar-refractivity contribution in [2.45, 2.75) is 76.5 Å². The summed E-state index contributed by atoms with van der Waals surface area (Å²) in [5, 5.41) is 3.16. The van der Waals surface area contributed by atoms with Gasteiger partial charge in [-0.05, 0) is 75.3 Å². The fraction of sp³-hybridized carbons (Fsp3) is 0.552. The Morgan fingerprint density at radius 1 is 1.14 bits per heavy atom. The van der Waals surface area contributed by atoms with Gasteiger partial charge >= 0.3 is 0 Å². The first-order valence-electron chi connectivity index (χ1n) is 13.0. The Kier molecular flexibility index (Phi) is 8.45. The quantitative estimate of drug-likeness (QED) is 0.489. The van der Waals surface area contributed by atoms with Crippen LogP contribution in [0.4, 0.5) is 4.39 Å². The van der Waals surface area contributed by atoms with Crippen molar-refractivity contribution in [2.75, 3.05) is 26.8 Å². The minimum absolute atomic E-state index is 0.00869. The van der Waals surface area contributed by atoms with E-state index in [9.17, 15) is 9.18 Å². The van der Waals surface area contributed by atoms with Gasteiger partial charge in [0.1, 0.15) is 11.6 Å². The van der Waals surface area contributed by atoms with E-state index in [1.54, 1.807) is 13.2 Å². The first-order chi connectivity index (χ1) is 16.9. The molecule has 0 aromatic heterocycles. The molecule has 0 spiro atoms. The molecule has 0 aliphatic carbocycles. The van der Waals surface area contributed by atoms with E-state index in [4.69, 9.17) is 9.47 Å². The number of nitrogens with zero attached hydrogens (tertiary/aromatic N) is 1. The highest BCUT2D eigenvalue weighted by atomic mass is 19.1. The molecule has 1 N–H and O–H groups in total. The second kappa shape index (κ2) is 11.5. The zero-order chi connectivity index (χ0) is 24.8. The number of methoxy groups -OCH3 is 1. The molecule has 1 amide bonds. The second-order valence-corrected chi connectivity index (χ2v) is 10.1. The molecule has 2 aromatic carbocycles. The third kappa shape index (κ3) is 6.04. The summed E-state index contributed by atoms with van der Waals surface area (Å²) in [7, 11) is 1.58. The van der Waals surface area contributed by atoms with Crippen molar-refractivity contribution < 1.29 is 18.7 Å². The van der Waals surface area contributed by atoms with Gasteiger partial charge in [-0.25, -0.2) is 4.39 Å². The normalized spacial score (nSPS) is 24.9. The SMILES string of the molecule is COc1ccc(F)cc1-c1ccc(C[C@]2(C(=O)NCCCN3[C@H](C)CCC[C@H]3C)CCCO2)cc1. The van der Waals surface area contributed by atoms with E-state index < -0.39 is 5.60 Å². The van der Waals surface area contributed by atoms with Crippen LogP contribution in [-0.4, -0.2) is 55.3 Å². The van der Waals surface area contributed by atoms with Gasteiger partial charge in [-0.2, -0.15) is 0 Å². The van der Waals surface area contributed by atoms with Crippen molar-refractivity contribution in [3.63, 3.8) is 0 Å². The molecular formula is C29H39FN2O3. The lowest BCUT2D eigenvalue weighted by Gasteiger charge is -2.39. The summed E-state index contributed by atoms with van der Waals surface area (Å²) in [5.74, 6) is 0.317. The summed E-state index contributed by atoms with van der Waals surface area (Å²) >= 11 is 0. The van der Waals surface area contributed by atoms with Gasteiger partial charge < -0.3 is 14.8 Å². The van der Waals surface area contributed by atoms with E-state index in [1.165, 1.54) is 31.4 Å². The highest BCUT2D eigenvalue weighted by Crippen LogP contribution is 2.33. The van der Waals surface area contributed by atoms with Crippen LogP contribution in [0.1, 0.15) is 57.9 Å². The maximum Gasteiger partial charge on any atom is 0.252 e. The molecule has 5 nitrogen and oxygen atoms in total. The van der Waals surface area contributed by atoms with Gasteiger partial charge in [0.05, 0.1) is 7.11 Å². The van der Waals surface area contributed by atoms with Crippen LogP contribution in [0.25, 0.3) is 11.1 Å². The maximum absolute atomic E-state index is 13.8. The maximum atomic E-state index is 13.8. The van der Waals surface area contributed by atoms with Crippen LogP contribution in [0.5, 0.6) is 5.75 Å². The van der Waals surface area contributed by atoms with E-state index in [0.29, 0.717) is 43.0 Å². The van der Waals surface area contributed by atoms with Crippen LogP contribution >= 0.6 is 0 Å². The first kappa shape index (κ1) is 25.6. The average molecular weight is 483 g/mol. The summed E-state index contributed by atoms with van der Waals surface area (Å²) in [6.07, 6.45) is 6.91. The molecule has 3 atom stereocenters. The Hall–Kier alpha value is -2.44. The molecule has 2 aliphatic heterocycles. The topological polar surface area (TPSA) is 50.8 Å². The standard InChI is InChI=1S/C29H39FN2O3/c1-21-7-4-8-22(2)32(21)17-6-16-31-28(33)29(15-5-18-35-29)20-23-9-11-24(12-10-23)26-19-25(30)13-14-27(26)34-3/h9-14,19,21-22H,4-8,15-18,20H2,1-3H3,(H,31,33)/t21-,22-,29+/m1/s1. The van der Waals surface area contributed by atoms with Gasteiger partial charge in [0.25, 0.3) is 5.91 Å². The van der Waals surface area contributed by atoms with E-state index in [2.05, 4.69) is 24.1 Å². The van der Waals surface area contributed by atoms with Crippen molar-refractivity contribution in [2.24, 2.45) is 0 Å². The molecule has 2 heterocycles. The second-order valence-electron chi connectivity index (χ2n) is 10.1. The number of hydrogen-bond donors (Lipinski definition) is 1. The molecule has 0 bridgehead atoms. The number of ether oxygens (including phenoxy) is 2. The molecule has 6 heteroatoms. The third-order valence-corrected chi connectivity index (χ3v) is 7.69. The number of hydrogen-bond acceptors (Lipinski definition) is 4. The number of amides is 1. The minimum Gasteiger partial charge on any atom is -0.496 e. The molecule has 2 saturated heterocycles. The van der Waals surface area contributed by atoms with E-state index in [1.807, 2.05) is 24.3 Å². The van der Waals surface area contributed by atoms with Gasteiger partial charge in [0, 0.05) is 43.8 Å². The van der Waals surface area contributed by atoms with Gasteiger partial charge in [-0.15, -0.1) is 0 Å². The molecule has 0 radical (unpaired) electrons. The lowest BCUT2D eigenvalue weighted by atomic mass is 9.89. The monoisotopic (exact) mass is 482 g/mol. The first-order valence-corrected chi connectivity index (χ1v) is 13.0. The zero-order valence-corrected chi connectivity index (χ0v) is 21.3. The molecule has 2 fully saturated rings. The van der Waals surface area contributed by atoms with Gasteiger partial charge in [-0.3, -0.25) is 9.69 Å². The summed E-state index contributed by atoms with van der Waals surface area (Å²) in [6, 6.07) is 13.6. The lowest BCUT2D eigenvalue weighted by Crippen LogP contribution is -2.49. The molecule has 35 heavy (non-hydrogen) atoms. The highest BCUT2D eigenvalue weighted by molar-refractivity contribution is 5.86. The van der Waals surface area contributed by atoms with Crippen LogP contribution in [-0.2, 0) is 16.0 Å². The van der Waals surface area contributed by atoms with Crippen molar-refractivity contribution in [3.05, 3.63) is 53.8 Å². The van der Waals surface area contributed by atoms with Gasteiger partial charge in [0.2, 0.25) is 0 Å². The van der Waals surface area contributed by atoms with Crippen molar-refractivity contribution in [3.8, 4) is 16.9 Å². The average Bonchev–Trinajstić information content (AvgIpc) is 3.33. The summed E-state index contributed by atoms with van der Waals surface area (Å²) in [5.41, 5.74) is 1.79. The zero-order valence-electron chi connectivity index (χ0n) is 21.3. The summed E-state index contributed by atoms with van der Waals surface area (Å²) in [4.78, 5) is 15.8. The third-order valence-electron chi connectivity index (χ3n) is 7.69. The Morgan fingerprint density at radius 3 is 2.54 bits per heavy atom. The molecule has 4 rings (SSSR count). The fourth-order valence-electron chi connectivity index (χ4n) is 5.67. The van der Waals surface area contributed by atoms with E-state index in [-0.39, 0.29) is 11.7 Å². The number of carbonyl (C=O) groups excluding carboxylic acids is 1. The van der Waals surface area contributed by atoms with Crippen LogP contribution in [0.2, 0.25) is 0 Å². The van der Waals surface area contributed by atoms with Gasteiger partial charge in [-0.1, -0.05) is 30.7 Å². The Morgan fingerprint density at radius 2 is 1.89 bits per heavy atom. The number of nitrogens with one attached hydrogen (secondary N) is 1. The number of benzene rings is 2. The van der Waals surface area contributed by atoms with Crippen molar-refractivity contribution in [1.29, 1.82) is 0 Å². The number of piperidine rings is 1. The predicted molar refractivity (Wildman–Crippen MR) is 137 cm³/mol. The van der Waals surface area contributed by atoms with E-state index in [0.717, 1.165) is 36.9 Å². The molecule has 190 valence electrons. The van der Waals surface area contributed by atoms with Gasteiger partial charge in [0.15, 0.2) is 5.60 Å². The van der Waals surface area contributed by atoms with Crippen molar-refractivity contribution >= 4 is 5.91 Å². The molecular weight excluding hydrogens is 443 g/mol. The summed E-state index contributed by atoms with van der Waals surface area (Å²) in [6.45, 7) is 6.91. The predicted octanol–water partition coefficient (Wildman–Crippen LogP) is 5.36. The Bertz CT molecular complexity index is 978. The van der Waals surface area contributed by atoms with Crippen LogP contribution in [0.15, 0.2) is 42.5 Å². The fourth-order valence-corrected chi connectivity index (χ4v) is 5.67. The molecule has 2 aliphatic rings. The lowest BCUT2D eigenvalue weighted by molar-refractivity contribution is -0.141. The van der Waals surface area contributed by atoms with E-state index >= 15 is 0 Å². The van der Waals surface area contributed by atoms with Crippen LogP contribution < -0.4 is 10.1 Å². The number of halogens is 1. The number of carbonyl (C=O) groups is 1. The van der Waals surface area contributed by atoms with Crippen molar-refractivity contribution in [1.82, 2.24) is 10.2 Å². The highest BCUT2D eigenvalue weighted by Gasteiger charge is 2.42. The van der Waals surface area contributed by atoms with Crippen LogP contribution in [0, 0.1) is 5.82 Å². The molecule has 2 aromatic rings. The number of likely N-dealkylation sites (tertiary alicyclic amines) is 1. The molecule has 0 saturated carbocycles.